The molecule has 24 heavy (non-hydrogen) atoms. The summed E-state index contributed by atoms with van der Waals surface area (Å²) < 4.78 is 0. The number of carbonyl (C=O) groups is 1. The maximum atomic E-state index is 12.3. The summed E-state index contributed by atoms with van der Waals surface area (Å²) in [5.74, 6) is -0.0391. The summed E-state index contributed by atoms with van der Waals surface area (Å²) >= 11 is 5.86. The minimum Gasteiger partial charge on any atom is -0.394 e. The molecule has 0 bridgehead atoms. The van der Waals surface area contributed by atoms with Crippen molar-refractivity contribution in [2.24, 2.45) is 0 Å². The van der Waals surface area contributed by atoms with Crippen LogP contribution in [0.15, 0.2) is 48.5 Å². The first kappa shape index (κ1) is 17.0. The first-order valence-electron chi connectivity index (χ1n) is 8.11. The number of rotatable bonds is 5. The van der Waals surface area contributed by atoms with Gasteiger partial charge in [0, 0.05) is 18.1 Å². The molecule has 5 heteroatoms. The predicted molar refractivity (Wildman–Crippen MR) is 94.8 cm³/mol. The van der Waals surface area contributed by atoms with Crippen molar-refractivity contribution in [1.82, 2.24) is 10.2 Å². The zero-order chi connectivity index (χ0) is 16.9. The average molecular weight is 345 g/mol. The summed E-state index contributed by atoms with van der Waals surface area (Å²) in [4.78, 5) is 14.3. The van der Waals surface area contributed by atoms with Crippen LogP contribution in [0.3, 0.4) is 0 Å². The number of halogens is 1. The van der Waals surface area contributed by atoms with Gasteiger partial charge in [0.2, 0.25) is 5.91 Å². The zero-order valence-electron chi connectivity index (χ0n) is 13.4. The van der Waals surface area contributed by atoms with E-state index in [9.17, 15) is 9.90 Å². The Morgan fingerprint density at radius 3 is 2.71 bits per heavy atom. The van der Waals surface area contributed by atoms with E-state index in [0.717, 1.165) is 24.1 Å². The number of fused-ring (bicyclic) bond motifs is 1. The van der Waals surface area contributed by atoms with Crippen LogP contribution in [0.2, 0.25) is 5.02 Å². The van der Waals surface area contributed by atoms with E-state index in [1.807, 2.05) is 47.4 Å². The molecule has 2 aromatic carbocycles. The van der Waals surface area contributed by atoms with E-state index in [1.54, 1.807) is 0 Å². The number of hydrogen-bond acceptors (Lipinski definition) is 3. The van der Waals surface area contributed by atoms with Crippen molar-refractivity contribution in [3.8, 4) is 0 Å². The molecular formula is C19H21ClN2O2. The van der Waals surface area contributed by atoms with E-state index < -0.39 is 0 Å². The van der Waals surface area contributed by atoms with Gasteiger partial charge in [0.15, 0.2) is 0 Å². The van der Waals surface area contributed by atoms with Gasteiger partial charge >= 0.3 is 0 Å². The van der Waals surface area contributed by atoms with Crippen molar-refractivity contribution in [3.63, 3.8) is 0 Å². The second-order valence-corrected chi connectivity index (χ2v) is 6.46. The molecule has 0 saturated carbocycles. The summed E-state index contributed by atoms with van der Waals surface area (Å²) in [6.45, 7) is 1.55. The number of carbonyl (C=O) groups excluding carboxylic acids is 1. The first-order valence-corrected chi connectivity index (χ1v) is 8.49. The maximum Gasteiger partial charge on any atom is 0.234 e. The van der Waals surface area contributed by atoms with Gasteiger partial charge in [-0.25, -0.2) is 0 Å². The van der Waals surface area contributed by atoms with Gasteiger partial charge in [0.1, 0.15) is 0 Å². The molecule has 0 spiro atoms. The first-order chi connectivity index (χ1) is 11.7. The van der Waals surface area contributed by atoms with Crippen LogP contribution in [0, 0.1) is 0 Å². The maximum absolute atomic E-state index is 12.3. The number of nitrogens with one attached hydrogen (secondary N) is 1. The molecule has 1 aliphatic rings. The number of amides is 1. The standard InChI is InChI=1S/C19H21ClN2O2/c20-16-7-5-14(6-8-16)11-21-19(24)12-22-10-9-15-3-1-2-4-17(15)18(22)13-23/h1-8,18,23H,9-13H2,(H,21,24). The van der Waals surface area contributed by atoms with Crippen LogP contribution in [0.5, 0.6) is 0 Å². The average Bonchev–Trinajstić information content (AvgIpc) is 2.61. The van der Waals surface area contributed by atoms with Gasteiger partial charge in [-0.1, -0.05) is 48.0 Å². The Bertz CT molecular complexity index is 703. The lowest BCUT2D eigenvalue weighted by Gasteiger charge is -2.35. The van der Waals surface area contributed by atoms with Gasteiger partial charge in [-0.3, -0.25) is 9.69 Å². The highest BCUT2D eigenvalue weighted by atomic mass is 35.5. The molecule has 0 saturated heterocycles. The third-order valence-corrected chi connectivity index (χ3v) is 4.70. The van der Waals surface area contributed by atoms with E-state index in [4.69, 9.17) is 11.6 Å². The number of aliphatic hydroxyl groups is 1. The fourth-order valence-corrected chi connectivity index (χ4v) is 3.28. The molecule has 2 aromatic rings. The SMILES string of the molecule is O=C(CN1CCc2ccccc2C1CO)NCc1ccc(Cl)cc1. The molecule has 0 aliphatic carbocycles. The van der Waals surface area contributed by atoms with Crippen molar-refractivity contribution >= 4 is 17.5 Å². The van der Waals surface area contributed by atoms with E-state index >= 15 is 0 Å². The topological polar surface area (TPSA) is 52.6 Å². The predicted octanol–water partition coefficient (Wildman–Crippen LogP) is 2.55. The summed E-state index contributed by atoms with van der Waals surface area (Å²) in [6, 6.07) is 15.4. The van der Waals surface area contributed by atoms with Crippen molar-refractivity contribution in [2.45, 2.75) is 19.0 Å². The Hall–Kier alpha value is -1.88. The highest BCUT2D eigenvalue weighted by Gasteiger charge is 2.27. The zero-order valence-corrected chi connectivity index (χ0v) is 14.2. The Morgan fingerprint density at radius 1 is 1.21 bits per heavy atom. The molecule has 3 rings (SSSR count). The van der Waals surface area contributed by atoms with Crippen LogP contribution >= 0.6 is 11.6 Å². The number of nitrogens with zero attached hydrogens (tertiary/aromatic N) is 1. The lowest BCUT2D eigenvalue weighted by atomic mass is 9.93. The van der Waals surface area contributed by atoms with Crippen LogP contribution in [0.1, 0.15) is 22.7 Å². The summed E-state index contributed by atoms with van der Waals surface area (Å²) in [5, 5.41) is 13.4. The molecule has 1 atom stereocenters. The van der Waals surface area contributed by atoms with Crippen LogP contribution in [-0.4, -0.2) is 35.6 Å². The summed E-state index contributed by atoms with van der Waals surface area (Å²) in [5.41, 5.74) is 3.39. The molecule has 1 unspecified atom stereocenters. The summed E-state index contributed by atoms with van der Waals surface area (Å²) in [6.07, 6.45) is 0.900. The van der Waals surface area contributed by atoms with E-state index in [-0.39, 0.29) is 25.1 Å². The highest BCUT2D eigenvalue weighted by Crippen LogP contribution is 2.28. The monoisotopic (exact) mass is 344 g/mol. The fourth-order valence-electron chi connectivity index (χ4n) is 3.15. The molecular weight excluding hydrogens is 324 g/mol. The smallest absolute Gasteiger partial charge is 0.234 e. The van der Waals surface area contributed by atoms with Gasteiger partial charge in [-0.05, 0) is 35.2 Å². The molecule has 2 N–H and O–H groups in total. The largest absolute Gasteiger partial charge is 0.394 e. The Labute approximate surface area is 147 Å². The van der Waals surface area contributed by atoms with E-state index in [0.29, 0.717) is 11.6 Å². The molecule has 126 valence electrons. The van der Waals surface area contributed by atoms with Crippen LogP contribution in [0.4, 0.5) is 0 Å². The summed E-state index contributed by atoms with van der Waals surface area (Å²) in [7, 11) is 0. The van der Waals surface area contributed by atoms with Crippen LogP contribution in [-0.2, 0) is 17.8 Å². The van der Waals surface area contributed by atoms with Gasteiger partial charge < -0.3 is 10.4 Å². The number of hydrogen-bond donors (Lipinski definition) is 2. The van der Waals surface area contributed by atoms with Gasteiger partial charge in [0.05, 0.1) is 19.2 Å². The minimum atomic E-state index is -0.115. The van der Waals surface area contributed by atoms with E-state index in [2.05, 4.69) is 11.4 Å². The van der Waals surface area contributed by atoms with Gasteiger partial charge in [-0.2, -0.15) is 0 Å². The van der Waals surface area contributed by atoms with E-state index in [1.165, 1.54) is 5.56 Å². The second-order valence-electron chi connectivity index (χ2n) is 6.02. The Morgan fingerprint density at radius 2 is 1.96 bits per heavy atom. The lowest BCUT2D eigenvalue weighted by Crippen LogP contribution is -2.43. The highest BCUT2D eigenvalue weighted by molar-refractivity contribution is 6.30. The van der Waals surface area contributed by atoms with Crippen LogP contribution in [0.25, 0.3) is 0 Å². The molecule has 1 heterocycles. The normalized spacial score (nSPS) is 17.3. The van der Waals surface area contributed by atoms with Crippen molar-refractivity contribution in [2.75, 3.05) is 19.7 Å². The number of benzene rings is 2. The third kappa shape index (κ3) is 3.96. The Balaban J connectivity index is 1.59. The van der Waals surface area contributed by atoms with Gasteiger partial charge in [0.25, 0.3) is 0 Å². The quantitative estimate of drug-likeness (QED) is 0.876. The van der Waals surface area contributed by atoms with Crippen molar-refractivity contribution < 1.29 is 9.90 Å². The van der Waals surface area contributed by atoms with Crippen LogP contribution < -0.4 is 5.32 Å². The molecule has 0 radical (unpaired) electrons. The second kappa shape index (κ2) is 7.79. The lowest BCUT2D eigenvalue weighted by molar-refractivity contribution is -0.123. The van der Waals surface area contributed by atoms with Gasteiger partial charge in [-0.15, -0.1) is 0 Å². The number of aliphatic hydroxyl groups excluding tert-OH is 1. The third-order valence-electron chi connectivity index (χ3n) is 4.45. The molecule has 1 aliphatic heterocycles. The molecule has 1 amide bonds. The molecule has 0 aromatic heterocycles. The fraction of sp³-hybridized carbons (Fsp3) is 0.316. The van der Waals surface area contributed by atoms with Crippen molar-refractivity contribution in [1.29, 1.82) is 0 Å². The minimum absolute atomic E-state index is 0.0154. The molecule has 0 fully saturated rings. The Kier molecular flexibility index (Phi) is 5.51. The van der Waals surface area contributed by atoms with Crippen molar-refractivity contribution in [3.05, 3.63) is 70.2 Å². The molecule has 4 nitrogen and oxygen atoms in total.